The Balaban J connectivity index is 1.82. The molecular weight excluding hydrogens is 250 g/mol. The van der Waals surface area contributed by atoms with Crippen molar-refractivity contribution in [3.05, 3.63) is 6.33 Å². The molecule has 0 bridgehead atoms. The molecule has 0 aromatic carbocycles. The third kappa shape index (κ3) is 4.01. The Hall–Kier alpha value is -1.99. The third-order valence-electron chi connectivity index (χ3n) is 3.33. The minimum absolute atomic E-state index is 0.0210. The molecule has 1 atom stereocenters. The van der Waals surface area contributed by atoms with Crippen LogP contribution in [0.15, 0.2) is 6.33 Å². The van der Waals surface area contributed by atoms with Crippen molar-refractivity contribution >= 4 is 11.9 Å². The normalized spacial score (nSPS) is 19.4. The van der Waals surface area contributed by atoms with Crippen molar-refractivity contribution in [3.63, 3.8) is 0 Å². The molecule has 1 saturated heterocycles. The standard InChI is InChI=1S/C11H17N5O3/c17-10(7-16-8-12-13-14-16)15-5-1-2-9(6-15)3-4-11(18)19/h8-9H,1-7H2,(H,18,19)/t9-/m1/s1. The maximum atomic E-state index is 12.0. The van der Waals surface area contributed by atoms with Crippen LogP contribution >= 0.6 is 0 Å². The number of hydrogen-bond acceptors (Lipinski definition) is 5. The summed E-state index contributed by atoms with van der Waals surface area (Å²) in [5.74, 6) is -0.521. The topological polar surface area (TPSA) is 101 Å². The first-order valence-corrected chi connectivity index (χ1v) is 6.35. The monoisotopic (exact) mass is 267 g/mol. The molecule has 0 radical (unpaired) electrons. The van der Waals surface area contributed by atoms with Crippen LogP contribution in [0.1, 0.15) is 25.7 Å². The van der Waals surface area contributed by atoms with E-state index in [2.05, 4.69) is 15.5 Å². The molecule has 1 aromatic heterocycles. The average Bonchev–Trinajstić information content (AvgIpc) is 2.89. The predicted molar refractivity (Wildman–Crippen MR) is 64.0 cm³/mol. The lowest BCUT2D eigenvalue weighted by Crippen LogP contribution is -2.41. The summed E-state index contributed by atoms with van der Waals surface area (Å²) in [7, 11) is 0. The number of aromatic nitrogens is 4. The molecule has 1 aromatic rings. The van der Waals surface area contributed by atoms with Crippen molar-refractivity contribution in [2.45, 2.75) is 32.2 Å². The number of carboxylic acid groups (broad SMARTS) is 1. The van der Waals surface area contributed by atoms with Crippen LogP contribution in [-0.4, -0.2) is 55.2 Å². The number of tetrazole rings is 1. The van der Waals surface area contributed by atoms with Crippen molar-refractivity contribution in [1.29, 1.82) is 0 Å². The number of likely N-dealkylation sites (tertiary alicyclic amines) is 1. The van der Waals surface area contributed by atoms with E-state index in [4.69, 9.17) is 5.11 Å². The molecule has 0 aliphatic carbocycles. The second-order valence-electron chi connectivity index (χ2n) is 4.79. The maximum absolute atomic E-state index is 12.0. The van der Waals surface area contributed by atoms with E-state index in [9.17, 15) is 9.59 Å². The molecule has 104 valence electrons. The van der Waals surface area contributed by atoms with Gasteiger partial charge in [-0.05, 0) is 35.6 Å². The fourth-order valence-corrected chi connectivity index (χ4v) is 2.35. The molecule has 0 unspecified atom stereocenters. The van der Waals surface area contributed by atoms with Crippen LogP contribution < -0.4 is 0 Å². The zero-order valence-electron chi connectivity index (χ0n) is 10.6. The summed E-state index contributed by atoms with van der Waals surface area (Å²) in [6, 6.07) is 0. The van der Waals surface area contributed by atoms with Crippen LogP contribution in [0.2, 0.25) is 0 Å². The summed E-state index contributed by atoms with van der Waals surface area (Å²) in [6.45, 7) is 1.50. The molecule has 8 heteroatoms. The summed E-state index contributed by atoms with van der Waals surface area (Å²) in [5, 5.41) is 19.3. The average molecular weight is 267 g/mol. The Labute approximate surface area is 110 Å². The fourth-order valence-electron chi connectivity index (χ4n) is 2.35. The van der Waals surface area contributed by atoms with E-state index < -0.39 is 5.97 Å². The second-order valence-corrected chi connectivity index (χ2v) is 4.79. The molecule has 2 rings (SSSR count). The van der Waals surface area contributed by atoms with Gasteiger partial charge in [-0.3, -0.25) is 9.59 Å². The zero-order valence-corrected chi connectivity index (χ0v) is 10.6. The van der Waals surface area contributed by atoms with Crippen LogP contribution in [0.5, 0.6) is 0 Å². The van der Waals surface area contributed by atoms with Gasteiger partial charge in [0.2, 0.25) is 5.91 Å². The summed E-state index contributed by atoms with van der Waals surface area (Å²) < 4.78 is 1.39. The van der Waals surface area contributed by atoms with Gasteiger partial charge >= 0.3 is 5.97 Å². The highest BCUT2D eigenvalue weighted by molar-refractivity contribution is 5.76. The van der Waals surface area contributed by atoms with Crippen LogP contribution in [-0.2, 0) is 16.1 Å². The van der Waals surface area contributed by atoms with Crippen molar-refractivity contribution in [2.75, 3.05) is 13.1 Å². The lowest BCUT2D eigenvalue weighted by atomic mass is 9.93. The van der Waals surface area contributed by atoms with Crippen molar-refractivity contribution in [3.8, 4) is 0 Å². The summed E-state index contributed by atoms with van der Waals surface area (Å²) >= 11 is 0. The van der Waals surface area contributed by atoms with Crippen LogP contribution in [0, 0.1) is 5.92 Å². The highest BCUT2D eigenvalue weighted by Crippen LogP contribution is 2.21. The lowest BCUT2D eigenvalue weighted by Gasteiger charge is -2.32. The van der Waals surface area contributed by atoms with E-state index in [0.29, 0.717) is 13.0 Å². The van der Waals surface area contributed by atoms with E-state index in [1.165, 1.54) is 11.0 Å². The summed E-state index contributed by atoms with van der Waals surface area (Å²) in [6.07, 6.45) is 4.11. The van der Waals surface area contributed by atoms with Crippen LogP contribution in [0.25, 0.3) is 0 Å². The number of amides is 1. The minimum atomic E-state index is -0.780. The number of piperidine rings is 1. The molecular formula is C11H17N5O3. The van der Waals surface area contributed by atoms with Gasteiger partial charge in [-0.2, -0.15) is 0 Å². The number of carboxylic acids is 1. The van der Waals surface area contributed by atoms with E-state index in [1.807, 2.05) is 0 Å². The highest BCUT2D eigenvalue weighted by atomic mass is 16.4. The van der Waals surface area contributed by atoms with Gasteiger partial charge in [0.25, 0.3) is 0 Å². The lowest BCUT2D eigenvalue weighted by molar-refractivity contribution is -0.137. The first-order chi connectivity index (χ1) is 9.15. The Bertz CT molecular complexity index is 434. The Morgan fingerprint density at radius 1 is 1.42 bits per heavy atom. The Morgan fingerprint density at radius 2 is 2.26 bits per heavy atom. The second kappa shape index (κ2) is 6.26. The first-order valence-electron chi connectivity index (χ1n) is 6.35. The number of nitrogens with zero attached hydrogens (tertiary/aromatic N) is 5. The van der Waals surface area contributed by atoms with Crippen molar-refractivity contribution < 1.29 is 14.7 Å². The van der Waals surface area contributed by atoms with Crippen molar-refractivity contribution in [1.82, 2.24) is 25.1 Å². The van der Waals surface area contributed by atoms with Gasteiger partial charge < -0.3 is 10.0 Å². The summed E-state index contributed by atoms with van der Waals surface area (Å²) in [5.41, 5.74) is 0. The molecule has 1 N–H and O–H groups in total. The zero-order chi connectivity index (χ0) is 13.7. The van der Waals surface area contributed by atoms with Gasteiger partial charge in [0.1, 0.15) is 12.9 Å². The number of carbonyl (C=O) groups is 2. The van der Waals surface area contributed by atoms with E-state index >= 15 is 0 Å². The molecule has 2 heterocycles. The van der Waals surface area contributed by atoms with E-state index in [-0.39, 0.29) is 24.8 Å². The Morgan fingerprint density at radius 3 is 2.95 bits per heavy atom. The molecule has 1 aliphatic heterocycles. The number of rotatable bonds is 5. The highest BCUT2D eigenvalue weighted by Gasteiger charge is 2.24. The van der Waals surface area contributed by atoms with Gasteiger partial charge in [0, 0.05) is 19.5 Å². The van der Waals surface area contributed by atoms with E-state index in [1.54, 1.807) is 4.90 Å². The molecule has 1 aliphatic rings. The van der Waals surface area contributed by atoms with Crippen molar-refractivity contribution in [2.24, 2.45) is 5.92 Å². The van der Waals surface area contributed by atoms with Gasteiger partial charge in [0.15, 0.2) is 0 Å². The maximum Gasteiger partial charge on any atom is 0.303 e. The molecule has 19 heavy (non-hydrogen) atoms. The van der Waals surface area contributed by atoms with E-state index in [0.717, 1.165) is 19.4 Å². The largest absolute Gasteiger partial charge is 0.481 e. The molecule has 8 nitrogen and oxygen atoms in total. The quantitative estimate of drug-likeness (QED) is 0.791. The Kier molecular flexibility index (Phi) is 4.43. The smallest absolute Gasteiger partial charge is 0.303 e. The third-order valence-corrected chi connectivity index (χ3v) is 3.33. The molecule has 1 fully saturated rings. The van der Waals surface area contributed by atoms with Gasteiger partial charge in [0.05, 0.1) is 0 Å². The summed E-state index contributed by atoms with van der Waals surface area (Å²) in [4.78, 5) is 24.4. The van der Waals surface area contributed by atoms with Crippen LogP contribution in [0.3, 0.4) is 0 Å². The number of hydrogen-bond donors (Lipinski definition) is 1. The molecule has 0 saturated carbocycles. The molecule has 1 amide bonds. The SMILES string of the molecule is O=C(O)CC[C@H]1CCCN(C(=O)Cn2cnnn2)C1. The minimum Gasteiger partial charge on any atom is -0.481 e. The predicted octanol–water partition coefficient (Wildman–Crippen LogP) is -0.224. The van der Waals surface area contributed by atoms with Gasteiger partial charge in [-0.15, -0.1) is 5.10 Å². The number of carbonyl (C=O) groups excluding carboxylic acids is 1. The van der Waals surface area contributed by atoms with Crippen LogP contribution in [0.4, 0.5) is 0 Å². The molecule has 0 spiro atoms. The van der Waals surface area contributed by atoms with Gasteiger partial charge in [-0.1, -0.05) is 0 Å². The first kappa shape index (κ1) is 13.4. The van der Waals surface area contributed by atoms with Gasteiger partial charge in [-0.25, -0.2) is 4.68 Å². The number of aliphatic carboxylic acids is 1. The fraction of sp³-hybridized carbons (Fsp3) is 0.727.